The number of alkyl halides is 3. The largest absolute Gasteiger partial charge is 0.453 e. The number of aromatic nitrogens is 4. The first-order valence-corrected chi connectivity index (χ1v) is 9.98. The van der Waals surface area contributed by atoms with Gasteiger partial charge in [0.1, 0.15) is 11.6 Å². The lowest BCUT2D eigenvalue weighted by atomic mass is 9.97. The van der Waals surface area contributed by atoms with E-state index in [1.54, 1.807) is 6.07 Å². The standard InChI is InChI=1S/C21H22F3N5O2/c1-12-4-5-13(2)18(14(12)3)31-19(30)15-8-10-28(11-9-15)17-7-6-16-25-26-20(21(22,23)24)29(16)27-17/h4-7,15H,8-11H2,1-3H3. The maximum atomic E-state index is 13.1. The van der Waals surface area contributed by atoms with Gasteiger partial charge in [0.2, 0.25) is 0 Å². The molecule has 31 heavy (non-hydrogen) atoms. The van der Waals surface area contributed by atoms with Crippen molar-refractivity contribution in [3.05, 3.63) is 46.8 Å². The molecule has 7 nitrogen and oxygen atoms in total. The number of hydrogen-bond acceptors (Lipinski definition) is 6. The van der Waals surface area contributed by atoms with Gasteiger partial charge in [-0.2, -0.15) is 17.7 Å². The van der Waals surface area contributed by atoms with Crippen molar-refractivity contribution in [2.45, 2.75) is 39.8 Å². The second-order valence-electron chi connectivity index (χ2n) is 7.82. The third-order valence-electron chi connectivity index (χ3n) is 5.73. The summed E-state index contributed by atoms with van der Waals surface area (Å²) in [6.45, 7) is 6.75. The van der Waals surface area contributed by atoms with E-state index in [1.807, 2.05) is 37.8 Å². The Balaban J connectivity index is 1.45. The van der Waals surface area contributed by atoms with Crippen molar-refractivity contribution >= 4 is 17.4 Å². The van der Waals surface area contributed by atoms with E-state index < -0.39 is 12.0 Å². The van der Waals surface area contributed by atoms with Gasteiger partial charge in [0, 0.05) is 13.1 Å². The van der Waals surface area contributed by atoms with E-state index in [0.717, 1.165) is 16.7 Å². The first-order valence-electron chi connectivity index (χ1n) is 9.98. The summed E-state index contributed by atoms with van der Waals surface area (Å²) in [6, 6.07) is 6.98. The summed E-state index contributed by atoms with van der Waals surface area (Å²) in [7, 11) is 0. The number of aryl methyl sites for hydroxylation is 2. The zero-order valence-electron chi connectivity index (χ0n) is 17.4. The lowest BCUT2D eigenvalue weighted by Crippen LogP contribution is -2.38. The highest BCUT2D eigenvalue weighted by atomic mass is 19.4. The summed E-state index contributed by atoms with van der Waals surface area (Å²) in [6.07, 6.45) is -3.60. The zero-order valence-corrected chi connectivity index (χ0v) is 17.4. The van der Waals surface area contributed by atoms with Crippen LogP contribution in [-0.4, -0.2) is 38.9 Å². The number of carbonyl (C=O) groups excluding carboxylic acids is 1. The highest BCUT2D eigenvalue weighted by molar-refractivity contribution is 5.76. The number of rotatable bonds is 3. The first-order chi connectivity index (χ1) is 14.6. The van der Waals surface area contributed by atoms with Gasteiger partial charge in [-0.3, -0.25) is 4.79 Å². The van der Waals surface area contributed by atoms with Crippen LogP contribution in [0.15, 0.2) is 24.3 Å². The van der Waals surface area contributed by atoms with Crippen molar-refractivity contribution in [1.29, 1.82) is 0 Å². The van der Waals surface area contributed by atoms with Crippen molar-refractivity contribution in [3.8, 4) is 5.75 Å². The van der Waals surface area contributed by atoms with Gasteiger partial charge in [0.25, 0.3) is 5.82 Å². The molecule has 1 aromatic carbocycles. The molecule has 3 aromatic rings. The van der Waals surface area contributed by atoms with Crippen LogP contribution in [0.25, 0.3) is 5.65 Å². The van der Waals surface area contributed by atoms with Gasteiger partial charge < -0.3 is 9.64 Å². The first kappa shape index (κ1) is 21.1. The number of carbonyl (C=O) groups is 1. The van der Waals surface area contributed by atoms with Crippen molar-refractivity contribution < 1.29 is 22.7 Å². The average Bonchev–Trinajstić information content (AvgIpc) is 3.18. The Bertz CT molecular complexity index is 1130. The van der Waals surface area contributed by atoms with Gasteiger partial charge >= 0.3 is 12.1 Å². The van der Waals surface area contributed by atoms with Gasteiger partial charge in [0.05, 0.1) is 5.92 Å². The number of fused-ring (bicyclic) bond motifs is 1. The second-order valence-corrected chi connectivity index (χ2v) is 7.82. The molecule has 0 N–H and O–H groups in total. The maximum absolute atomic E-state index is 13.1. The molecule has 0 saturated carbocycles. The number of benzene rings is 1. The molecule has 10 heteroatoms. The Labute approximate surface area is 176 Å². The quantitative estimate of drug-likeness (QED) is 0.461. The number of anilines is 1. The van der Waals surface area contributed by atoms with Crippen LogP contribution in [0.1, 0.15) is 35.4 Å². The van der Waals surface area contributed by atoms with Crippen LogP contribution in [0.5, 0.6) is 5.75 Å². The number of hydrogen-bond donors (Lipinski definition) is 0. The molecule has 0 unspecified atom stereocenters. The van der Waals surface area contributed by atoms with E-state index in [2.05, 4.69) is 15.3 Å². The van der Waals surface area contributed by atoms with E-state index in [-0.39, 0.29) is 17.5 Å². The van der Waals surface area contributed by atoms with Gasteiger partial charge in [-0.25, -0.2) is 0 Å². The molecule has 0 aliphatic carbocycles. The molecule has 1 fully saturated rings. The monoisotopic (exact) mass is 433 g/mol. The Morgan fingerprint density at radius 2 is 1.71 bits per heavy atom. The van der Waals surface area contributed by atoms with E-state index in [9.17, 15) is 18.0 Å². The summed E-state index contributed by atoms with van der Waals surface area (Å²) in [5, 5.41) is 10.8. The maximum Gasteiger partial charge on any atom is 0.453 e. The zero-order chi connectivity index (χ0) is 22.3. The van der Waals surface area contributed by atoms with Crippen LogP contribution in [0.2, 0.25) is 0 Å². The molecule has 3 heterocycles. The number of ether oxygens (including phenoxy) is 1. The predicted octanol–water partition coefficient (Wildman–Crippen LogP) is 3.89. The summed E-state index contributed by atoms with van der Waals surface area (Å²) < 4.78 is 45.7. The molecule has 0 radical (unpaired) electrons. The molecule has 0 spiro atoms. The summed E-state index contributed by atoms with van der Waals surface area (Å²) >= 11 is 0. The smallest absolute Gasteiger partial charge is 0.426 e. The minimum atomic E-state index is -4.64. The number of nitrogens with zero attached hydrogens (tertiary/aromatic N) is 5. The fraction of sp³-hybridized carbons (Fsp3) is 0.429. The molecule has 4 rings (SSSR count). The van der Waals surface area contributed by atoms with Gasteiger partial charge in [-0.1, -0.05) is 12.1 Å². The van der Waals surface area contributed by atoms with Gasteiger partial charge in [-0.05, 0) is 62.4 Å². The Hall–Kier alpha value is -3.17. The average molecular weight is 433 g/mol. The van der Waals surface area contributed by atoms with E-state index in [0.29, 0.717) is 42.0 Å². The van der Waals surface area contributed by atoms with E-state index >= 15 is 0 Å². The van der Waals surface area contributed by atoms with Crippen LogP contribution in [0.3, 0.4) is 0 Å². The Kier molecular flexibility index (Phi) is 5.32. The summed E-state index contributed by atoms with van der Waals surface area (Å²) in [5.41, 5.74) is 2.92. The highest BCUT2D eigenvalue weighted by Gasteiger charge is 2.38. The van der Waals surface area contributed by atoms with Crippen molar-refractivity contribution in [1.82, 2.24) is 19.8 Å². The van der Waals surface area contributed by atoms with Crippen LogP contribution in [-0.2, 0) is 11.0 Å². The summed E-state index contributed by atoms with van der Waals surface area (Å²) in [5.74, 6) is -0.730. The predicted molar refractivity (Wildman–Crippen MR) is 107 cm³/mol. The van der Waals surface area contributed by atoms with Gasteiger partial charge in [0.15, 0.2) is 5.65 Å². The molecule has 1 saturated heterocycles. The fourth-order valence-corrected chi connectivity index (χ4v) is 3.74. The third kappa shape index (κ3) is 4.06. The van der Waals surface area contributed by atoms with Crippen molar-refractivity contribution in [2.75, 3.05) is 18.0 Å². The molecule has 0 atom stereocenters. The van der Waals surface area contributed by atoms with Gasteiger partial charge in [-0.15, -0.1) is 15.3 Å². The Morgan fingerprint density at radius 3 is 2.39 bits per heavy atom. The summed E-state index contributed by atoms with van der Waals surface area (Å²) in [4.78, 5) is 14.6. The molecule has 2 aromatic heterocycles. The molecule has 0 bridgehead atoms. The Morgan fingerprint density at radius 1 is 1.03 bits per heavy atom. The van der Waals surface area contributed by atoms with E-state index in [1.165, 1.54) is 6.07 Å². The van der Waals surface area contributed by atoms with Crippen LogP contribution >= 0.6 is 0 Å². The minimum Gasteiger partial charge on any atom is -0.426 e. The molecule has 1 aliphatic rings. The second kappa shape index (κ2) is 7.82. The lowest BCUT2D eigenvalue weighted by Gasteiger charge is -2.31. The number of halogens is 3. The fourth-order valence-electron chi connectivity index (χ4n) is 3.74. The van der Waals surface area contributed by atoms with Crippen molar-refractivity contribution in [3.63, 3.8) is 0 Å². The molecular formula is C21H22F3N5O2. The lowest BCUT2D eigenvalue weighted by molar-refractivity contribution is -0.146. The van der Waals surface area contributed by atoms with Crippen LogP contribution in [0.4, 0.5) is 19.0 Å². The minimum absolute atomic E-state index is 0.0263. The molecule has 164 valence electrons. The SMILES string of the molecule is Cc1ccc(C)c(OC(=O)C2CCN(c3ccc4nnc(C(F)(F)F)n4n3)CC2)c1C. The topological polar surface area (TPSA) is 72.6 Å². The molecule has 1 aliphatic heterocycles. The van der Waals surface area contributed by atoms with Crippen LogP contribution in [0, 0.1) is 26.7 Å². The van der Waals surface area contributed by atoms with Crippen molar-refractivity contribution in [2.24, 2.45) is 5.92 Å². The number of esters is 1. The number of piperidine rings is 1. The van der Waals surface area contributed by atoms with E-state index in [4.69, 9.17) is 4.74 Å². The van der Waals surface area contributed by atoms with Crippen LogP contribution < -0.4 is 9.64 Å². The highest BCUT2D eigenvalue weighted by Crippen LogP contribution is 2.30. The normalized spacial score (nSPS) is 15.5. The molecular weight excluding hydrogens is 411 g/mol. The third-order valence-corrected chi connectivity index (χ3v) is 5.73. The molecule has 0 amide bonds.